The minimum atomic E-state index is 0.00975. The number of halogens is 1. The molecular formula is C20H29ClN2O2. The molecular weight excluding hydrogens is 336 g/mol. The molecule has 0 unspecified atom stereocenters. The van der Waals surface area contributed by atoms with Crippen LogP contribution in [0.4, 0.5) is 0 Å². The van der Waals surface area contributed by atoms with Gasteiger partial charge in [-0.2, -0.15) is 0 Å². The van der Waals surface area contributed by atoms with Crippen molar-refractivity contribution in [2.75, 3.05) is 13.1 Å². The molecule has 2 rings (SSSR count). The van der Waals surface area contributed by atoms with Crippen LogP contribution < -0.4 is 5.32 Å². The number of nitrogens with one attached hydrogen (secondary N) is 1. The number of hydrogen-bond donors (Lipinski definition) is 1. The van der Waals surface area contributed by atoms with E-state index in [9.17, 15) is 9.59 Å². The predicted octanol–water partition coefficient (Wildman–Crippen LogP) is 4.28. The number of benzene rings is 1. The number of hydrogen-bond acceptors (Lipinski definition) is 2. The van der Waals surface area contributed by atoms with E-state index in [4.69, 9.17) is 11.6 Å². The summed E-state index contributed by atoms with van der Waals surface area (Å²) in [5.41, 5.74) is 0.576. The first-order valence-corrected chi connectivity index (χ1v) is 9.76. The Hall–Kier alpha value is -1.55. The Balaban J connectivity index is 1.75. The van der Waals surface area contributed by atoms with Crippen molar-refractivity contribution in [3.8, 4) is 0 Å². The molecule has 1 aliphatic heterocycles. The lowest BCUT2D eigenvalue weighted by Gasteiger charge is -2.32. The SMILES string of the molecule is CCC(CC)NC(=O)CCC1CCN(C(=O)c2ccccc2Cl)CC1. The highest BCUT2D eigenvalue weighted by molar-refractivity contribution is 6.33. The molecule has 2 amide bonds. The van der Waals surface area contributed by atoms with Crippen LogP contribution in [0.25, 0.3) is 0 Å². The monoisotopic (exact) mass is 364 g/mol. The van der Waals surface area contributed by atoms with Crippen LogP contribution >= 0.6 is 11.6 Å². The minimum Gasteiger partial charge on any atom is -0.353 e. The van der Waals surface area contributed by atoms with Crippen LogP contribution in [0.15, 0.2) is 24.3 Å². The van der Waals surface area contributed by atoms with E-state index >= 15 is 0 Å². The second-order valence-corrected chi connectivity index (χ2v) is 7.24. The van der Waals surface area contributed by atoms with Crippen molar-refractivity contribution in [3.63, 3.8) is 0 Å². The van der Waals surface area contributed by atoms with E-state index in [1.807, 2.05) is 17.0 Å². The van der Waals surface area contributed by atoms with E-state index in [1.54, 1.807) is 12.1 Å². The van der Waals surface area contributed by atoms with Gasteiger partial charge in [-0.1, -0.05) is 37.6 Å². The fraction of sp³-hybridized carbons (Fsp3) is 0.600. The van der Waals surface area contributed by atoms with Gasteiger partial charge in [-0.3, -0.25) is 9.59 Å². The summed E-state index contributed by atoms with van der Waals surface area (Å²) in [5.74, 6) is 0.682. The molecule has 1 heterocycles. The van der Waals surface area contributed by atoms with E-state index in [-0.39, 0.29) is 11.8 Å². The van der Waals surface area contributed by atoms with Gasteiger partial charge in [-0.05, 0) is 50.2 Å². The molecule has 0 aromatic heterocycles. The van der Waals surface area contributed by atoms with E-state index in [0.717, 1.165) is 45.2 Å². The fourth-order valence-electron chi connectivity index (χ4n) is 3.36. The van der Waals surface area contributed by atoms with Gasteiger partial charge in [0.25, 0.3) is 5.91 Å². The zero-order valence-corrected chi connectivity index (χ0v) is 16.0. The number of likely N-dealkylation sites (tertiary alicyclic amines) is 1. The fourth-order valence-corrected chi connectivity index (χ4v) is 3.57. The maximum Gasteiger partial charge on any atom is 0.255 e. The number of carbonyl (C=O) groups excluding carboxylic acids is 2. The molecule has 138 valence electrons. The summed E-state index contributed by atoms with van der Waals surface area (Å²) < 4.78 is 0. The molecule has 5 heteroatoms. The normalized spacial score (nSPS) is 15.4. The summed E-state index contributed by atoms with van der Waals surface area (Å²) >= 11 is 6.12. The van der Waals surface area contributed by atoms with E-state index in [0.29, 0.717) is 29.0 Å². The first-order valence-electron chi connectivity index (χ1n) is 9.38. The molecule has 25 heavy (non-hydrogen) atoms. The summed E-state index contributed by atoms with van der Waals surface area (Å²) in [6, 6.07) is 7.49. The van der Waals surface area contributed by atoms with E-state index in [1.165, 1.54) is 0 Å². The van der Waals surface area contributed by atoms with Crippen molar-refractivity contribution < 1.29 is 9.59 Å². The van der Waals surface area contributed by atoms with Crippen molar-refractivity contribution >= 4 is 23.4 Å². The minimum absolute atomic E-state index is 0.00975. The zero-order chi connectivity index (χ0) is 18.2. The van der Waals surface area contributed by atoms with Gasteiger partial charge in [-0.15, -0.1) is 0 Å². The number of nitrogens with zero attached hydrogens (tertiary/aromatic N) is 1. The number of carbonyl (C=O) groups is 2. The quantitative estimate of drug-likeness (QED) is 0.785. The largest absolute Gasteiger partial charge is 0.353 e. The van der Waals surface area contributed by atoms with Gasteiger partial charge in [0.2, 0.25) is 5.91 Å². The lowest BCUT2D eigenvalue weighted by molar-refractivity contribution is -0.122. The third-order valence-electron chi connectivity index (χ3n) is 5.14. The Kier molecular flexibility index (Phi) is 7.76. The van der Waals surface area contributed by atoms with Gasteiger partial charge in [0.15, 0.2) is 0 Å². The molecule has 0 spiro atoms. The summed E-state index contributed by atoms with van der Waals surface area (Å²) in [5, 5.41) is 3.60. The number of piperidine rings is 1. The summed E-state index contributed by atoms with van der Waals surface area (Å²) in [4.78, 5) is 26.5. The Morgan fingerprint density at radius 2 is 1.84 bits per heavy atom. The standard InChI is InChI=1S/C20H29ClN2O2/c1-3-16(4-2)22-19(24)10-9-15-11-13-23(14-12-15)20(25)17-7-5-6-8-18(17)21/h5-8,15-16H,3-4,9-14H2,1-2H3,(H,22,24). The van der Waals surface area contributed by atoms with Crippen LogP contribution in [0.2, 0.25) is 5.02 Å². The van der Waals surface area contributed by atoms with Gasteiger partial charge in [0.1, 0.15) is 0 Å². The average Bonchev–Trinajstić information content (AvgIpc) is 2.64. The lowest BCUT2D eigenvalue weighted by atomic mass is 9.91. The van der Waals surface area contributed by atoms with Crippen molar-refractivity contribution in [1.82, 2.24) is 10.2 Å². The Bertz CT molecular complexity index is 579. The Morgan fingerprint density at radius 3 is 2.44 bits per heavy atom. The predicted molar refractivity (Wildman–Crippen MR) is 102 cm³/mol. The van der Waals surface area contributed by atoms with Gasteiger partial charge >= 0.3 is 0 Å². The molecule has 4 nitrogen and oxygen atoms in total. The molecule has 1 aliphatic rings. The summed E-state index contributed by atoms with van der Waals surface area (Å²) in [6.45, 7) is 5.67. The van der Waals surface area contributed by atoms with Crippen molar-refractivity contribution in [2.45, 2.75) is 58.4 Å². The molecule has 0 atom stereocenters. The smallest absolute Gasteiger partial charge is 0.255 e. The lowest BCUT2D eigenvalue weighted by Crippen LogP contribution is -2.39. The Morgan fingerprint density at radius 1 is 1.20 bits per heavy atom. The second kappa shape index (κ2) is 9.81. The Labute approximate surface area is 155 Å². The molecule has 0 saturated carbocycles. The third kappa shape index (κ3) is 5.74. The molecule has 1 saturated heterocycles. The van der Waals surface area contributed by atoms with Gasteiger partial charge in [0.05, 0.1) is 10.6 Å². The van der Waals surface area contributed by atoms with Crippen LogP contribution in [0.1, 0.15) is 62.7 Å². The van der Waals surface area contributed by atoms with Crippen LogP contribution in [-0.2, 0) is 4.79 Å². The average molecular weight is 365 g/mol. The topological polar surface area (TPSA) is 49.4 Å². The molecule has 1 N–H and O–H groups in total. The number of amides is 2. The summed E-state index contributed by atoms with van der Waals surface area (Å²) in [6.07, 6.45) is 5.35. The van der Waals surface area contributed by atoms with Gasteiger partial charge < -0.3 is 10.2 Å². The molecule has 1 aromatic carbocycles. The molecule has 0 bridgehead atoms. The molecule has 1 fully saturated rings. The van der Waals surface area contributed by atoms with Gasteiger partial charge in [0, 0.05) is 25.6 Å². The maximum absolute atomic E-state index is 12.6. The van der Waals surface area contributed by atoms with Crippen molar-refractivity contribution in [2.24, 2.45) is 5.92 Å². The number of rotatable bonds is 7. The first-order chi connectivity index (χ1) is 12.0. The summed E-state index contributed by atoms with van der Waals surface area (Å²) in [7, 11) is 0. The van der Waals surface area contributed by atoms with Gasteiger partial charge in [-0.25, -0.2) is 0 Å². The third-order valence-corrected chi connectivity index (χ3v) is 5.47. The molecule has 1 aromatic rings. The van der Waals surface area contributed by atoms with Crippen molar-refractivity contribution in [1.29, 1.82) is 0 Å². The zero-order valence-electron chi connectivity index (χ0n) is 15.3. The maximum atomic E-state index is 12.6. The van der Waals surface area contributed by atoms with Crippen LogP contribution in [0, 0.1) is 5.92 Å². The molecule has 0 radical (unpaired) electrons. The molecule has 0 aliphatic carbocycles. The van der Waals surface area contributed by atoms with E-state index < -0.39 is 0 Å². The second-order valence-electron chi connectivity index (χ2n) is 6.84. The highest BCUT2D eigenvalue weighted by Gasteiger charge is 2.25. The van der Waals surface area contributed by atoms with E-state index in [2.05, 4.69) is 19.2 Å². The van der Waals surface area contributed by atoms with Crippen LogP contribution in [0.3, 0.4) is 0 Å². The van der Waals surface area contributed by atoms with Crippen LogP contribution in [-0.4, -0.2) is 35.8 Å². The van der Waals surface area contributed by atoms with Crippen LogP contribution in [0.5, 0.6) is 0 Å². The first kappa shape index (κ1) is 19.8. The highest BCUT2D eigenvalue weighted by Crippen LogP contribution is 2.25. The highest BCUT2D eigenvalue weighted by atomic mass is 35.5. The van der Waals surface area contributed by atoms with Crippen molar-refractivity contribution in [3.05, 3.63) is 34.9 Å².